The standard InChI is InChI=1S/C13H22N6O2/c1-17-4-6-18(7-5-17)13(21)10-19-12(20)8-11(9-16-19)15-3-2-14/h8-9,15H,2-7,10,14H2,1H3. The van der Waals surface area contributed by atoms with Gasteiger partial charge in [0.15, 0.2) is 0 Å². The van der Waals surface area contributed by atoms with Crippen molar-refractivity contribution < 1.29 is 4.79 Å². The topological polar surface area (TPSA) is 96.5 Å². The summed E-state index contributed by atoms with van der Waals surface area (Å²) >= 11 is 0. The summed E-state index contributed by atoms with van der Waals surface area (Å²) in [7, 11) is 2.03. The number of aromatic nitrogens is 2. The number of carbonyl (C=O) groups excluding carboxylic acids is 1. The van der Waals surface area contributed by atoms with Crippen molar-refractivity contribution in [1.82, 2.24) is 19.6 Å². The molecule has 8 heteroatoms. The Hall–Kier alpha value is -1.93. The molecule has 1 amide bonds. The molecule has 1 aromatic heterocycles. The van der Waals surface area contributed by atoms with Gasteiger partial charge in [-0.1, -0.05) is 0 Å². The zero-order chi connectivity index (χ0) is 15.2. The largest absolute Gasteiger partial charge is 0.382 e. The van der Waals surface area contributed by atoms with E-state index in [-0.39, 0.29) is 18.0 Å². The molecular formula is C13H22N6O2. The molecule has 0 atom stereocenters. The maximum Gasteiger partial charge on any atom is 0.269 e. The molecule has 1 fully saturated rings. The summed E-state index contributed by atoms with van der Waals surface area (Å²) in [5.41, 5.74) is 5.71. The fourth-order valence-corrected chi connectivity index (χ4v) is 2.15. The predicted octanol–water partition coefficient (Wildman–Crippen LogP) is -1.61. The third kappa shape index (κ3) is 4.27. The van der Waals surface area contributed by atoms with Gasteiger partial charge in [-0.15, -0.1) is 0 Å². The molecular weight excluding hydrogens is 272 g/mol. The van der Waals surface area contributed by atoms with Crippen molar-refractivity contribution in [2.24, 2.45) is 5.73 Å². The highest BCUT2D eigenvalue weighted by atomic mass is 16.2. The van der Waals surface area contributed by atoms with E-state index in [0.29, 0.717) is 31.9 Å². The second-order valence-corrected chi connectivity index (χ2v) is 5.14. The van der Waals surface area contributed by atoms with Gasteiger partial charge in [0.05, 0.1) is 11.9 Å². The van der Waals surface area contributed by atoms with E-state index in [0.717, 1.165) is 13.1 Å². The molecule has 0 saturated carbocycles. The Balaban J connectivity index is 1.96. The van der Waals surface area contributed by atoms with Crippen molar-refractivity contribution in [2.75, 3.05) is 51.6 Å². The summed E-state index contributed by atoms with van der Waals surface area (Å²) in [5, 5.41) is 7.01. The van der Waals surface area contributed by atoms with Crippen LogP contribution < -0.4 is 16.6 Å². The lowest BCUT2D eigenvalue weighted by molar-refractivity contribution is -0.133. The van der Waals surface area contributed by atoms with E-state index >= 15 is 0 Å². The second kappa shape index (κ2) is 7.19. The molecule has 1 saturated heterocycles. The van der Waals surface area contributed by atoms with Crippen LogP contribution in [0.3, 0.4) is 0 Å². The number of likely N-dealkylation sites (N-methyl/N-ethyl adjacent to an activating group) is 1. The van der Waals surface area contributed by atoms with Gasteiger partial charge in [-0.2, -0.15) is 5.10 Å². The van der Waals surface area contributed by atoms with Gasteiger partial charge in [0.1, 0.15) is 6.54 Å². The average molecular weight is 294 g/mol. The lowest BCUT2D eigenvalue weighted by Crippen LogP contribution is -2.48. The van der Waals surface area contributed by atoms with Gasteiger partial charge in [0.2, 0.25) is 5.91 Å². The van der Waals surface area contributed by atoms with E-state index in [1.54, 1.807) is 4.90 Å². The Kier molecular flexibility index (Phi) is 5.29. The Morgan fingerprint density at radius 3 is 2.71 bits per heavy atom. The minimum Gasteiger partial charge on any atom is -0.382 e. The molecule has 3 N–H and O–H groups in total. The average Bonchev–Trinajstić information content (AvgIpc) is 2.48. The van der Waals surface area contributed by atoms with Gasteiger partial charge in [-0.05, 0) is 7.05 Å². The van der Waals surface area contributed by atoms with Crippen LogP contribution in [0.4, 0.5) is 5.69 Å². The van der Waals surface area contributed by atoms with Gasteiger partial charge < -0.3 is 20.9 Å². The van der Waals surface area contributed by atoms with Crippen LogP contribution >= 0.6 is 0 Å². The fourth-order valence-electron chi connectivity index (χ4n) is 2.15. The monoisotopic (exact) mass is 294 g/mol. The number of piperazine rings is 1. The molecule has 0 bridgehead atoms. The molecule has 2 heterocycles. The zero-order valence-corrected chi connectivity index (χ0v) is 12.3. The number of hydrogen-bond donors (Lipinski definition) is 2. The van der Waals surface area contributed by atoms with E-state index in [1.807, 2.05) is 7.05 Å². The van der Waals surface area contributed by atoms with Gasteiger partial charge in [0.25, 0.3) is 5.56 Å². The lowest BCUT2D eigenvalue weighted by Gasteiger charge is -2.32. The first-order valence-electron chi connectivity index (χ1n) is 7.07. The molecule has 1 aliphatic rings. The smallest absolute Gasteiger partial charge is 0.269 e. The number of nitrogens with one attached hydrogen (secondary N) is 1. The fraction of sp³-hybridized carbons (Fsp3) is 0.615. The molecule has 0 aromatic carbocycles. The maximum atomic E-state index is 12.2. The van der Waals surface area contributed by atoms with Gasteiger partial charge >= 0.3 is 0 Å². The van der Waals surface area contributed by atoms with Crippen LogP contribution in [0.5, 0.6) is 0 Å². The third-order valence-electron chi connectivity index (χ3n) is 3.48. The van der Waals surface area contributed by atoms with E-state index in [4.69, 9.17) is 5.73 Å². The van der Waals surface area contributed by atoms with Crippen LogP contribution in [0.1, 0.15) is 0 Å². The van der Waals surface area contributed by atoms with Gasteiger partial charge in [-0.25, -0.2) is 4.68 Å². The first kappa shape index (κ1) is 15.5. The Morgan fingerprint density at radius 2 is 2.10 bits per heavy atom. The molecule has 116 valence electrons. The lowest BCUT2D eigenvalue weighted by atomic mass is 10.3. The quantitative estimate of drug-likeness (QED) is 0.678. The van der Waals surface area contributed by atoms with Crippen molar-refractivity contribution in [3.63, 3.8) is 0 Å². The number of nitrogens with zero attached hydrogens (tertiary/aromatic N) is 4. The van der Waals surface area contributed by atoms with Crippen LogP contribution in [-0.2, 0) is 11.3 Å². The Bertz CT molecular complexity index is 536. The molecule has 2 rings (SSSR count). The molecule has 0 unspecified atom stereocenters. The minimum atomic E-state index is -0.292. The third-order valence-corrected chi connectivity index (χ3v) is 3.48. The first-order valence-corrected chi connectivity index (χ1v) is 7.07. The normalized spacial score (nSPS) is 16.0. The summed E-state index contributed by atoms with van der Waals surface area (Å²) in [6.07, 6.45) is 1.54. The number of nitrogens with two attached hydrogens (primary N) is 1. The number of hydrogen-bond acceptors (Lipinski definition) is 6. The highest BCUT2D eigenvalue weighted by Crippen LogP contribution is 2.02. The van der Waals surface area contributed by atoms with Crippen molar-refractivity contribution in [2.45, 2.75) is 6.54 Å². The van der Waals surface area contributed by atoms with Crippen LogP contribution in [0.25, 0.3) is 0 Å². The van der Waals surface area contributed by atoms with E-state index in [9.17, 15) is 9.59 Å². The van der Waals surface area contributed by atoms with Crippen molar-refractivity contribution in [1.29, 1.82) is 0 Å². The summed E-state index contributed by atoms with van der Waals surface area (Å²) in [6.45, 7) is 4.14. The SMILES string of the molecule is CN1CCN(C(=O)Cn2ncc(NCCN)cc2=O)CC1. The summed E-state index contributed by atoms with van der Waals surface area (Å²) in [4.78, 5) is 28.0. The van der Waals surface area contributed by atoms with Crippen LogP contribution in [0.2, 0.25) is 0 Å². The first-order chi connectivity index (χ1) is 10.1. The molecule has 1 aromatic rings. The van der Waals surface area contributed by atoms with Crippen molar-refractivity contribution >= 4 is 11.6 Å². The maximum absolute atomic E-state index is 12.2. The summed E-state index contributed by atoms with van der Waals surface area (Å²) < 4.78 is 1.19. The minimum absolute atomic E-state index is 0.0142. The number of rotatable bonds is 5. The summed E-state index contributed by atoms with van der Waals surface area (Å²) in [5.74, 6) is -0.0691. The van der Waals surface area contributed by atoms with Crippen LogP contribution in [-0.4, -0.2) is 71.8 Å². The second-order valence-electron chi connectivity index (χ2n) is 5.14. The van der Waals surface area contributed by atoms with Gasteiger partial charge in [0, 0.05) is 45.3 Å². The summed E-state index contributed by atoms with van der Waals surface area (Å²) in [6, 6.07) is 1.43. The van der Waals surface area contributed by atoms with Crippen LogP contribution in [0.15, 0.2) is 17.1 Å². The highest BCUT2D eigenvalue weighted by Gasteiger charge is 2.19. The highest BCUT2D eigenvalue weighted by molar-refractivity contribution is 5.76. The molecule has 0 spiro atoms. The Labute approximate surface area is 123 Å². The van der Waals surface area contributed by atoms with Crippen LogP contribution in [0, 0.1) is 0 Å². The van der Waals surface area contributed by atoms with E-state index in [1.165, 1.54) is 16.9 Å². The van der Waals surface area contributed by atoms with Crippen molar-refractivity contribution in [3.05, 3.63) is 22.6 Å². The zero-order valence-electron chi connectivity index (χ0n) is 12.3. The molecule has 21 heavy (non-hydrogen) atoms. The van der Waals surface area contributed by atoms with E-state index < -0.39 is 0 Å². The van der Waals surface area contributed by atoms with Gasteiger partial charge in [-0.3, -0.25) is 9.59 Å². The van der Waals surface area contributed by atoms with Crippen molar-refractivity contribution in [3.8, 4) is 0 Å². The molecule has 1 aliphatic heterocycles. The predicted molar refractivity (Wildman–Crippen MR) is 80.1 cm³/mol. The number of amides is 1. The molecule has 0 aliphatic carbocycles. The molecule has 8 nitrogen and oxygen atoms in total. The molecule has 0 radical (unpaired) electrons. The Morgan fingerprint density at radius 1 is 1.38 bits per heavy atom. The number of anilines is 1. The number of carbonyl (C=O) groups is 1. The van der Waals surface area contributed by atoms with E-state index in [2.05, 4.69) is 15.3 Å².